The molecule has 4 aromatic carbocycles. The van der Waals surface area contributed by atoms with Gasteiger partial charge in [-0.15, -0.1) is 0 Å². The second-order valence-electron chi connectivity index (χ2n) is 6.78. The second kappa shape index (κ2) is 8.27. The zero-order chi connectivity index (χ0) is 22.0. The Kier molecular flexibility index (Phi) is 5.35. The number of benzene rings is 4. The first-order valence-corrected chi connectivity index (χ1v) is 9.63. The molecule has 1 amide bonds. The van der Waals surface area contributed by atoms with Crippen LogP contribution in [0.2, 0.25) is 5.02 Å². The number of fused-ring (bicyclic) bond motifs is 2. The highest BCUT2D eigenvalue weighted by molar-refractivity contribution is 6.32. The van der Waals surface area contributed by atoms with Crippen LogP contribution in [0.5, 0.6) is 0 Å². The van der Waals surface area contributed by atoms with Crippen LogP contribution in [-0.4, -0.2) is 10.8 Å². The molecule has 0 unspecified atom stereocenters. The van der Waals surface area contributed by atoms with Gasteiger partial charge in [-0.1, -0.05) is 60.1 Å². The number of rotatable bonds is 4. The summed E-state index contributed by atoms with van der Waals surface area (Å²) in [6, 6.07) is 23.4. The first kappa shape index (κ1) is 20.1. The Morgan fingerprint density at radius 2 is 1.61 bits per heavy atom. The van der Waals surface area contributed by atoms with Gasteiger partial charge in [0.15, 0.2) is 0 Å². The van der Waals surface area contributed by atoms with Gasteiger partial charge in [0.1, 0.15) is 16.7 Å². The molecule has 0 fully saturated rings. The van der Waals surface area contributed by atoms with Crippen molar-refractivity contribution in [2.24, 2.45) is 0 Å². The molecule has 0 bridgehead atoms. The van der Waals surface area contributed by atoms with E-state index in [-0.39, 0.29) is 22.0 Å². The molecule has 0 saturated heterocycles. The fraction of sp³-hybridized carbons (Fsp3) is 0. The standard InChI is InChI=1S/C24H14ClN3O3/c25-22-10-9-18(13-23(22)28(30)31)27-24(29)17(14-26)12-21-19-7-3-1-5-15(19)11-16-6-2-4-8-20(16)21/h1-13H,(H,27,29)/b17-12+. The van der Waals surface area contributed by atoms with Gasteiger partial charge in [0.2, 0.25) is 0 Å². The molecule has 31 heavy (non-hydrogen) atoms. The van der Waals surface area contributed by atoms with Crippen LogP contribution < -0.4 is 5.32 Å². The van der Waals surface area contributed by atoms with Gasteiger partial charge < -0.3 is 5.32 Å². The number of nitro benzene ring substituents is 1. The molecular formula is C24H14ClN3O3. The Labute approximate surface area is 182 Å². The third kappa shape index (κ3) is 3.95. The molecule has 6 nitrogen and oxygen atoms in total. The van der Waals surface area contributed by atoms with E-state index < -0.39 is 10.8 Å². The molecule has 0 radical (unpaired) electrons. The zero-order valence-electron chi connectivity index (χ0n) is 16.0. The number of carbonyl (C=O) groups is 1. The number of halogens is 1. The van der Waals surface area contributed by atoms with Crippen molar-refractivity contribution in [3.8, 4) is 6.07 Å². The maximum atomic E-state index is 12.8. The summed E-state index contributed by atoms with van der Waals surface area (Å²) >= 11 is 5.82. The van der Waals surface area contributed by atoms with Gasteiger partial charge in [-0.2, -0.15) is 5.26 Å². The van der Waals surface area contributed by atoms with Gasteiger partial charge in [-0.3, -0.25) is 14.9 Å². The summed E-state index contributed by atoms with van der Waals surface area (Å²) in [4.78, 5) is 23.2. The maximum Gasteiger partial charge on any atom is 0.289 e. The average Bonchev–Trinajstić information content (AvgIpc) is 2.77. The third-order valence-corrected chi connectivity index (χ3v) is 5.19. The SMILES string of the molecule is N#C/C(=C\c1c2ccccc2cc2ccccc12)C(=O)Nc1ccc(Cl)c([N+](=O)[O-])c1. The minimum atomic E-state index is -0.670. The largest absolute Gasteiger partial charge is 0.321 e. The highest BCUT2D eigenvalue weighted by Crippen LogP contribution is 2.31. The number of nitrogens with one attached hydrogen (secondary N) is 1. The molecule has 0 aromatic heterocycles. The molecule has 0 atom stereocenters. The normalized spacial score (nSPS) is 11.3. The van der Waals surface area contributed by atoms with Crippen molar-refractivity contribution in [2.45, 2.75) is 0 Å². The van der Waals surface area contributed by atoms with Crippen LogP contribution in [0.15, 0.2) is 78.4 Å². The lowest BCUT2D eigenvalue weighted by atomic mass is 9.95. The average molecular weight is 428 g/mol. The predicted octanol–water partition coefficient (Wildman–Crippen LogP) is 6.10. The zero-order valence-corrected chi connectivity index (χ0v) is 16.8. The second-order valence-corrected chi connectivity index (χ2v) is 7.19. The Hall–Kier alpha value is -4.21. The number of carbonyl (C=O) groups excluding carboxylic acids is 1. The van der Waals surface area contributed by atoms with Gasteiger partial charge in [0, 0.05) is 11.8 Å². The van der Waals surface area contributed by atoms with Crippen molar-refractivity contribution in [3.63, 3.8) is 0 Å². The van der Waals surface area contributed by atoms with E-state index in [4.69, 9.17) is 11.6 Å². The van der Waals surface area contributed by atoms with E-state index in [0.29, 0.717) is 0 Å². The van der Waals surface area contributed by atoms with Crippen LogP contribution >= 0.6 is 11.6 Å². The van der Waals surface area contributed by atoms with Crippen molar-refractivity contribution in [3.05, 3.63) is 99.1 Å². The number of nitriles is 1. The lowest BCUT2D eigenvalue weighted by Crippen LogP contribution is -2.13. The quantitative estimate of drug-likeness (QED) is 0.140. The van der Waals surface area contributed by atoms with Crippen molar-refractivity contribution in [2.75, 3.05) is 5.32 Å². The Morgan fingerprint density at radius 1 is 1.00 bits per heavy atom. The summed E-state index contributed by atoms with van der Waals surface area (Å²) in [6.07, 6.45) is 1.55. The van der Waals surface area contributed by atoms with Crippen LogP contribution in [0.3, 0.4) is 0 Å². The highest BCUT2D eigenvalue weighted by atomic mass is 35.5. The van der Waals surface area contributed by atoms with Crippen molar-refractivity contribution < 1.29 is 9.72 Å². The topological polar surface area (TPSA) is 96.0 Å². The molecule has 150 valence electrons. The summed E-state index contributed by atoms with van der Waals surface area (Å²) in [5.74, 6) is -0.670. The molecule has 0 heterocycles. The fourth-order valence-electron chi connectivity index (χ4n) is 3.43. The van der Waals surface area contributed by atoms with E-state index in [1.807, 2.05) is 54.6 Å². The van der Waals surface area contributed by atoms with E-state index in [1.54, 1.807) is 6.08 Å². The van der Waals surface area contributed by atoms with E-state index >= 15 is 0 Å². The molecule has 4 rings (SSSR count). The van der Waals surface area contributed by atoms with E-state index in [1.165, 1.54) is 12.1 Å². The van der Waals surface area contributed by atoms with E-state index in [9.17, 15) is 20.2 Å². The summed E-state index contributed by atoms with van der Waals surface area (Å²) < 4.78 is 0. The number of hydrogen-bond acceptors (Lipinski definition) is 4. The number of hydrogen-bond donors (Lipinski definition) is 1. The monoisotopic (exact) mass is 427 g/mol. The summed E-state index contributed by atoms with van der Waals surface area (Å²) in [5.41, 5.74) is 0.466. The third-order valence-electron chi connectivity index (χ3n) is 4.87. The summed E-state index contributed by atoms with van der Waals surface area (Å²) in [7, 11) is 0. The Balaban J connectivity index is 1.79. The minimum Gasteiger partial charge on any atom is -0.321 e. The predicted molar refractivity (Wildman–Crippen MR) is 122 cm³/mol. The summed E-state index contributed by atoms with van der Waals surface area (Å²) in [6.45, 7) is 0. The number of nitro groups is 1. The van der Waals surface area contributed by atoms with Crippen molar-refractivity contribution in [1.29, 1.82) is 5.26 Å². The van der Waals surface area contributed by atoms with E-state index in [0.717, 1.165) is 33.2 Å². The molecule has 4 aromatic rings. The van der Waals surface area contributed by atoms with Crippen LogP contribution in [0.25, 0.3) is 27.6 Å². The van der Waals surface area contributed by atoms with Gasteiger partial charge in [-0.25, -0.2) is 0 Å². The number of nitrogens with zero attached hydrogens (tertiary/aromatic N) is 2. The first-order valence-electron chi connectivity index (χ1n) is 9.25. The molecular weight excluding hydrogens is 414 g/mol. The molecule has 0 spiro atoms. The smallest absolute Gasteiger partial charge is 0.289 e. The number of anilines is 1. The van der Waals surface area contributed by atoms with Crippen LogP contribution in [-0.2, 0) is 4.79 Å². The van der Waals surface area contributed by atoms with Gasteiger partial charge in [0.05, 0.1) is 4.92 Å². The lowest BCUT2D eigenvalue weighted by molar-refractivity contribution is -0.384. The van der Waals surface area contributed by atoms with Gasteiger partial charge in [-0.05, 0) is 51.4 Å². The minimum absolute atomic E-state index is 0.0405. The van der Waals surface area contributed by atoms with Crippen LogP contribution in [0.4, 0.5) is 11.4 Å². The Morgan fingerprint density at radius 3 is 2.19 bits per heavy atom. The summed E-state index contributed by atoms with van der Waals surface area (Å²) in [5, 5.41) is 27.0. The van der Waals surface area contributed by atoms with Gasteiger partial charge in [0.25, 0.3) is 11.6 Å². The molecule has 7 heteroatoms. The van der Waals surface area contributed by atoms with E-state index in [2.05, 4.69) is 11.4 Å². The number of amides is 1. The van der Waals surface area contributed by atoms with Crippen LogP contribution in [0.1, 0.15) is 5.56 Å². The molecule has 0 aliphatic carbocycles. The molecule has 0 aliphatic rings. The van der Waals surface area contributed by atoms with Crippen molar-refractivity contribution >= 4 is 56.5 Å². The van der Waals surface area contributed by atoms with Crippen LogP contribution in [0, 0.1) is 21.4 Å². The molecule has 0 aliphatic heterocycles. The lowest BCUT2D eigenvalue weighted by Gasteiger charge is -2.10. The Bertz CT molecular complexity index is 1380. The van der Waals surface area contributed by atoms with Crippen molar-refractivity contribution in [1.82, 2.24) is 0 Å². The highest BCUT2D eigenvalue weighted by Gasteiger charge is 2.16. The fourth-order valence-corrected chi connectivity index (χ4v) is 3.61. The first-order chi connectivity index (χ1) is 15.0. The van der Waals surface area contributed by atoms with Gasteiger partial charge >= 0.3 is 0 Å². The molecule has 0 saturated carbocycles. The molecule has 1 N–H and O–H groups in total. The maximum absolute atomic E-state index is 12.8.